The van der Waals surface area contributed by atoms with Gasteiger partial charge in [-0.2, -0.15) is 0 Å². The third-order valence-corrected chi connectivity index (χ3v) is 4.11. The van der Waals surface area contributed by atoms with Gasteiger partial charge in [0.1, 0.15) is 5.52 Å². The Morgan fingerprint density at radius 3 is 2.79 bits per heavy atom. The molecule has 1 aromatic carbocycles. The number of benzene rings is 1. The first-order valence-electron chi connectivity index (χ1n) is 6.97. The minimum Gasteiger partial charge on any atom is -0.359 e. The van der Waals surface area contributed by atoms with Crippen molar-refractivity contribution in [3.63, 3.8) is 0 Å². The fraction of sp³-hybridized carbons (Fsp3) is 0.571. The number of aromatic nitrogens is 3. The molecule has 1 saturated carbocycles. The SMILES string of the molecule is CN(C1CCCCC1)C(O)n1nnc2ccccc21. The molecule has 1 aromatic heterocycles. The maximum absolute atomic E-state index is 10.5. The predicted molar refractivity (Wildman–Crippen MR) is 73.4 cm³/mol. The fourth-order valence-electron chi connectivity index (χ4n) is 2.91. The normalized spacial score (nSPS) is 19.1. The Labute approximate surface area is 112 Å². The molecule has 1 unspecified atom stereocenters. The van der Waals surface area contributed by atoms with Crippen molar-refractivity contribution in [2.45, 2.75) is 44.5 Å². The van der Waals surface area contributed by atoms with E-state index in [1.165, 1.54) is 19.3 Å². The van der Waals surface area contributed by atoms with E-state index in [4.69, 9.17) is 0 Å². The first-order valence-corrected chi connectivity index (χ1v) is 6.97. The topological polar surface area (TPSA) is 54.2 Å². The average molecular weight is 260 g/mol. The summed E-state index contributed by atoms with van der Waals surface area (Å²) in [5, 5.41) is 18.7. The van der Waals surface area contributed by atoms with Crippen LogP contribution in [0.4, 0.5) is 0 Å². The van der Waals surface area contributed by atoms with E-state index in [1.807, 2.05) is 36.2 Å². The highest BCUT2D eigenvalue weighted by molar-refractivity contribution is 5.73. The average Bonchev–Trinajstić information content (AvgIpc) is 2.90. The number of para-hydroxylation sites is 1. The third kappa shape index (κ3) is 2.35. The molecule has 1 heterocycles. The van der Waals surface area contributed by atoms with Crippen molar-refractivity contribution < 1.29 is 5.11 Å². The molecule has 3 rings (SSSR count). The molecule has 0 spiro atoms. The molecule has 5 heteroatoms. The molecule has 5 nitrogen and oxygen atoms in total. The Bertz CT molecular complexity index is 547. The lowest BCUT2D eigenvalue weighted by molar-refractivity contribution is -0.0754. The quantitative estimate of drug-likeness (QED) is 0.859. The van der Waals surface area contributed by atoms with E-state index in [2.05, 4.69) is 10.3 Å². The highest BCUT2D eigenvalue weighted by Crippen LogP contribution is 2.26. The molecule has 0 aliphatic heterocycles. The molecule has 0 saturated heterocycles. The first kappa shape index (κ1) is 12.6. The number of fused-ring (bicyclic) bond motifs is 1. The highest BCUT2D eigenvalue weighted by Gasteiger charge is 2.25. The van der Waals surface area contributed by atoms with Crippen LogP contribution in [0.2, 0.25) is 0 Å². The molecule has 2 aromatic rings. The molecule has 1 atom stereocenters. The number of hydrogen-bond donors (Lipinski definition) is 1. The zero-order valence-corrected chi connectivity index (χ0v) is 11.2. The van der Waals surface area contributed by atoms with Crippen LogP contribution < -0.4 is 0 Å². The van der Waals surface area contributed by atoms with Crippen LogP contribution in [0.15, 0.2) is 24.3 Å². The first-order chi connectivity index (χ1) is 9.27. The van der Waals surface area contributed by atoms with Gasteiger partial charge in [-0.25, -0.2) is 4.68 Å². The lowest BCUT2D eigenvalue weighted by Crippen LogP contribution is -2.39. The van der Waals surface area contributed by atoms with Gasteiger partial charge in [0.25, 0.3) is 0 Å². The van der Waals surface area contributed by atoms with E-state index in [0.717, 1.165) is 23.9 Å². The standard InChI is InChI=1S/C14H20N4O/c1-17(11-7-3-2-4-8-11)14(19)18-13-10-6-5-9-12(13)15-16-18/h5-6,9-11,14,19H,2-4,7-8H2,1H3. The summed E-state index contributed by atoms with van der Waals surface area (Å²) in [5.41, 5.74) is 1.69. The largest absolute Gasteiger partial charge is 0.359 e. The van der Waals surface area contributed by atoms with Crippen LogP contribution in [0.25, 0.3) is 11.0 Å². The van der Waals surface area contributed by atoms with Crippen molar-refractivity contribution in [3.05, 3.63) is 24.3 Å². The smallest absolute Gasteiger partial charge is 0.208 e. The number of rotatable bonds is 3. The van der Waals surface area contributed by atoms with Gasteiger partial charge in [0.2, 0.25) is 6.35 Å². The summed E-state index contributed by atoms with van der Waals surface area (Å²) in [6.07, 6.45) is 5.38. The summed E-state index contributed by atoms with van der Waals surface area (Å²) in [7, 11) is 1.97. The van der Waals surface area contributed by atoms with Gasteiger partial charge < -0.3 is 5.11 Å². The van der Waals surface area contributed by atoms with Crippen molar-refractivity contribution >= 4 is 11.0 Å². The molecular formula is C14H20N4O. The van der Waals surface area contributed by atoms with Crippen molar-refractivity contribution in [1.29, 1.82) is 0 Å². The van der Waals surface area contributed by atoms with Gasteiger partial charge in [0, 0.05) is 6.04 Å². The molecule has 0 amide bonds. The van der Waals surface area contributed by atoms with Gasteiger partial charge in [-0.15, -0.1) is 5.10 Å². The van der Waals surface area contributed by atoms with Crippen LogP contribution in [-0.4, -0.2) is 38.1 Å². The Morgan fingerprint density at radius 1 is 1.26 bits per heavy atom. The van der Waals surface area contributed by atoms with E-state index in [0.29, 0.717) is 6.04 Å². The lowest BCUT2D eigenvalue weighted by atomic mass is 9.95. The molecule has 1 aliphatic rings. The van der Waals surface area contributed by atoms with Gasteiger partial charge in [-0.3, -0.25) is 4.90 Å². The summed E-state index contributed by atoms with van der Waals surface area (Å²) < 4.78 is 1.60. The Kier molecular flexibility index (Phi) is 3.48. The van der Waals surface area contributed by atoms with Crippen molar-refractivity contribution in [3.8, 4) is 0 Å². The van der Waals surface area contributed by atoms with E-state index in [9.17, 15) is 5.11 Å². The van der Waals surface area contributed by atoms with Gasteiger partial charge in [-0.1, -0.05) is 36.6 Å². The van der Waals surface area contributed by atoms with Crippen LogP contribution in [0, 0.1) is 0 Å². The summed E-state index contributed by atoms with van der Waals surface area (Å²) in [6, 6.07) is 8.15. The monoisotopic (exact) mass is 260 g/mol. The van der Waals surface area contributed by atoms with Crippen LogP contribution >= 0.6 is 0 Å². The van der Waals surface area contributed by atoms with E-state index >= 15 is 0 Å². The fourth-order valence-corrected chi connectivity index (χ4v) is 2.91. The minimum absolute atomic E-state index is 0.437. The second-order valence-electron chi connectivity index (χ2n) is 5.33. The zero-order valence-electron chi connectivity index (χ0n) is 11.2. The Balaban J connectivity index is 1.84. The molecule has 102 valence electrons. The lowest BCUT2D eigenvalue weighted by Gasteiger charge is -2.34. The molecule has 19 heavy (non-hydrogen) atoms. The number of hydrogen-bond acceptors (Lipinski definition) is 4. The van der Waals surface area contributed by atoms with Crippen LogP contribution in [0.1, 0.15) is 38.5 Å². The van der Waals surface area contributed by atoms with E-state index < -0.39 is 6.35 Å². The van der Waals surface area contributed by atoms with Gasteiger partial charge in [-0.05, 0) is 32.0 Å². The molecule has 1 fully saturated rings. The van der Waals surface area contributed by atoms with Crippen molar-refractivity contribution in [1.82, 2.24) is 19.9 Å². The summed E-state index contributed by atoms with van der Waals surface area (Å²) >= 11 is 0. The maximum atomic E-state index is 10.5. The number of aliphatic hydroxyl groups is 1. The number of nitrogens with zero attached hydrogens (tertiary/aromatic N) is 4. The van der Waals surface area contributed by atoms with E-state index in [-0.39, 0.29) is 0 Å². The number of aliphatic hydroxyl groups excluding tert-OH is 1. The second-order valence-corrected chi connectivity index (χ2v) is 5.33. The third-order valence-electron chi connectivity index (χ3n) is 4.11. The van der Waals surface area contributed by atoms with Gasteiger partial charge in [0.15, 0.2) is 0 Å². The van der Waals surface area contributed by atoms with Crippen LogP contribution in [-0.2, 0) is 0 Å². The molecular weight excluding hydrogens is 240 g/mol. The summed E-state index contributed by atoms with van der Waals surface area (Å²) in [4.78, 5) is 2.01. The van der Waals surface area contributed by atoms with Crippen LogP contribution in [0.3, 0.4) is 0 Å². The molecule has 0 bridgehead atoms. The predicted octanol–water partition coefficient (Wildman–Crippen LogP) is 2.14. The van der Waals surface area contributed by atoms with Gasteiger partial charge >= 0.3 is 0 Å². The molecule has 1 aliphatic carbocycles. The van der Waals surface area contributed by atoms with Crippen molar-refractivity contribution in [2.75, 3.05) is 7.05 Å². The maximum Gasteiger partial charge on any atom is 0.208 e. The van der Waals surface area contributed by atoms with Gasteiger partial charge in [0.05, 0.1) is 5.52 Å². The molecule has 0 radical (unpaired) electrons. The Hall–Kier alpha value is -1.46. The van der Waals surface area contributed by atoms with Crippen molar-refractivity contribution in [2.24, 2.45) is 0 Å². The Morgan fingerprint density at radius 2 is 2.00 bits per heavy atom. The summed E-state index contributed by atoms with van der Waals surface area (Å²) in [6.45, 7) is 0. The summed E-state index contributed by atoms with van der Waals surface area (Å²) in [5.74, 6) is 0. The minimum atomic E-state index is -0.740. The highest BCUT2D eigenvalue weighted by atomic mass is 16.3. The van der Waals surface area contributed by atoms with Crippen LogP contribution in [0.5, 0.6) is 0 Å². The van der Waals surface area contributed by atoms with E-state index in [1.54, 1.807) is 4.68 Å². The zero-order chi connectivity index (χ0) is 13.2. The molecule has 1 N–H and O–H groups in total. The second kappa shape index (κ2) is 5.27.